The number of hydrogen-bond donors (Lipinski definition) is 1. The van der Waals surface area contributed by atoms with Crippen LogP contribution in [0.3, 0.4) is 0 Å². The molecular formula is C22H21BrN2O3S. The van der Waals surface area contributed by atoms with Crippen molar-refractivity contribution in [2.75, 3.05) is 11.9 Å². The van der Waals surface area contributed by atoms with Crippen molar-refractivity contribution < 1.29 is 13.2 Å². The molecule has 29 heavy (non-hydrogen) atoms. The van der Waals surface area contributed by atoms with Crippen LogP contribution >= 0.6 is 15.9 Å². The zero-order chi connectivity index (χ0) is 20.9. The number of aryl methyl sites for hydroxylation is 1. The lowest BCUT2D eigenvalue weighted by atomic mass is 10.1. The van der Waals surface area contributed by atoms with Crippen molar-refractivity contribution in [2.24, 2.45) is 0 Å². The number of rotatable bonds is 7. The van der Waals surface area contributed by atoms with E-state index in [1.807, 2.05) is 31.2 Å². The predicted molar refractivity (Wildman–Crippen MR) is 118 cm³/mol. The molecule has 0 bridgehead atoms. The summed E-state index contributed by atoms with van der Waals surface area (Å²) in [4.78, 5) is 12.8. The van der Waals surface area contributed by atoms with Crippen LogP contribution in [0.2, 0.25) is 0 Å². The van der Waals surface area contributed by atoms with Gasteiger partial charge < -0.3 is 5.32 Å². The summed E-state index contributed by atoms with van der Waals surface area (Å²) in [6.45, 7) is 1.78. The topological polar surface area (TPSA) is 66.5 Å². The largest absolute Gasteiger partial charge is 0.325 e. The molecular weight excluding hydrogens is 452 g/mol. The highest BCUT2D eigenvalue weighted by Gasteiger charge is 2.26. The summed E-state index contributed by atoms with van der Waals surface area (Å²) >= 11 is 3.35. The summed E-state index contributed by atoms with van der Waals surface area (Å²) in [6.07, 6.45) is 0. The van der Waals surface area contributed by atoms with E-state index in [0.29, 0.717) is 5.69 Å². The lowest BCUT2D eigenvalue weighted by Crippen LogP contribution is -2.37. The van der Waals surface area contributed by atoms with Gasteiger partial charge in [-0.25, -0.2) is 8.42 Å². The molecule has 0 atom stereocenters. The fourth-order valence-corrected chi connectivity index (χ4v) is 4.43. The van der Waals surface area contributed by atoms with Crippen LogP contribution in [0.25, 0.3) is 0 Å². The van der Waals surface area contributed by atoms with Gasteiger partial charge in [0, 0.05) is 16.7 Å². The Morgan fingerprint density at radius 3 is 2.17 bits per heavy atom. The van der Waals surface area contributed by atoms with Gasteiger partial charge in [0.15, 0.2) is 0 Å². The number of nitrogens with one attached hydrogen (secondary N) is 1. The molecule has 0 aliphatic rings. The first kappa shape index (κ1) is 21.2. The molecule has 3 aromatic carbocycles. The fourth-order valence-electron chi connectivity index (χ4n) is 2.76. The maximum atomic E-state index is 13.2. The van der Waals surface area contributed by atoms with Crippen LogP contribution in [0.5, 0.6) is 0 Å². The molecule has 150 valence electrons. The lowest BCUT2D eigenvalue weighted by molar-refractivity contribution is -0.116. The quantitative estimate of drug-likeness (QED) is 0.546. The van der Waals surface area contributed by atoms with Crippen molar-refractivity contribution in [3.63, 3.8) is 0 Å². The van der Waals surface area contributed by atoms with Crippen LogP contribution in [0.4, 0.5) is 5.69 Å². The van der Waals surface area contributed by atoms with E-state index in [2.05, 4.69) is 21.2 Å². The maximum absolute atomic E-state index is 13.2. The van der Waals surface area contributed by atoms with Crippen molar-refractivity contribution >= 4 is 37.5 Å². The van der Waals surface area contributed by atoms with E-state index in [-0.39, 0.29) is 18.0 Å². The second-order valence-electron chi connectivity index (χ2n) is 6.63. The summed E-state index contributed by atoms with van der Waals surface area (Å²) in [5, 5.41) is 2.75. The molecule has 0 saturated heterocycles. The molecule has 0 fully saturated rings. The van der Waals surface area contributed by atoms with E-state index in [4.69, 9.17) is 0 Å². The first-order chi connectivity index (χ1) is 13.8. The van der Waals surface area contributed by atoms with E-state index in [1.165, 1.54) is 16.4 Å². The number of anilines is 1. The predicted octanol–water partition coefficient (Wildman–Crippen LogP) is 4.59. The summed E-state index contributed by atoms with van der Waals surface area (Å²) in [5.74, 6) is -0.404. The molecule has 3 aromatic rings. The summed E-state index contributed by atoms with van der Waals surface area (Å²) < 4.78 is 28.4. The third-order valence-corrected chi connectivity index (χ3v) is 6.64. The normalized spacial score (nSPS) is 11.4. The molecule has 0 saturated carbocycles. The first-order valence-corrected chi connectivity index (χ1v) is 11.2. The van der Waals surface area contributed by atoms with Gasteiger partial charge in [-0.05, 0) is 48.9 Å². The monoisotopic (exact) mass is 472 g/mol. The number of hydrogen-bond acceptors (Lipinski definition) is 3. The van der Waals surface area contributed by atoms with E-state index >= 15 is 0 Å². The molecule has 0 aromatic heterocycles. The Kier molecular flexibility index (Phi) is 6.84. The van der Waals surface area contributed by atoms with E-state index in [1.54, 1.807) is 42.5 Å². The number of carbonyl (C=O) groups is 1. The van der Waals surface area contributed by atoms with Gasteiger partial charge >= 0.3 is 0 Å². The standard InChI is InChI=1S/C22H21BrN2O3S/c1-17-7-9-18(10-8-17)15-25(29(27,28)21-5-3-2-4-6-21)16-22(26)24-20-13-11-19(23)12-14-20/h2-14H,15-16H2,1H3,(H,24,26). The number of benzene rings is 3. The third kappa shape index (κ3) is 5.76. The van der Waals surface area contributed by atoms with Gasteiger partial charge in [0.2, 0.25) is 15.9 Å². The van der Waals surface area contributed by atoms with Crippen LogP contribution in [-0.4, -0.2) is 25.2 Å². The van der Waals surface area contributed by atoms with Gasteiger partial charge in [-0.3, -0.25) is 4.79 Å². The highest BCUT2D eigenvalue weighted by atomic mass is 79.9. The van der Waals surface area contributed by atoms with Gasteiger partial charge in [-0.2, -0.15) is 4.31 Å². The van der Waals surface area contributed by atoms with Gasteiger partial charge in [-0.1, -0.05) is 64.0 Å². The third-order valence-electron chi connectivity index (χ3n) is 4.31. The van der Waals surface area contributed by atoms with Crippen molar-refractivity contribution in [1.29, 1.82) is 0 Å². The average molecular weight is 473 g/mol. The average Bonchev–Trinajstić information content (AvgIpc) is 2.71. The van der Waals surface area contributed by atoms with Crippen molar-refractivity contribution in [2.45, 2.75) is 18.4 Å². The van der Waals surface area contributed by atoms with Crippen molar-refractivity contribution in [3.8, 4) is 0 Å². The van der Waals surface area contributed by atoms with Gasteiger partial charge in [0.1, 0.15) is 0 Å². The molecule has 3 rings (SSSR count). The minimum absolute atomic E-state index is 0.102. The molecule has 1 N–H and O–H groups in total. The minimum atomic E-state index is -3.84. The van der Waals surface area contributed by atoms with Crippen LogP contribution in [0, 0.1) is 6.92 Å². The van der Waals surface area contributed by atoms with Gasteiger partial charge in [0.05, 0.1) is 11.4 Å². The SMILES string of the molecule is Cc1ccc(CN(CC(=O)Nc2ccc(Br)cc2)S(=O)(=O)c2ccccc2)cc1. The van der Waals surface area contributed by atoms with Crippen LogP contribution in [0.15, 0.2) is 88.2 Å². The lowest BCUT2D eigenvalue weighted by Gasteiger charge is -2.22. The Labute approximate surface area is 179 Å². The summed E-state index contributed by atoms with van der Waals surface area (Å²) in [7, 11) is -3.84. The molecule has 0 radical (unpaired) electrons. The molecule has 0 heterocycles. The number of nitrogens with zero attached hydrogens (tertiary/aromatic N) is 1. The molecule has 1 amide bonds. The fraction of sp³-hybridized carbons (Fsp3) is 0.136. The van der Waals surface area contributed by atoms with Crippen LogP contribution in [-0.2, 0) is 21.4 Å². The van der Waals surface area contributed by atoms with Crippen molar-refractivity contribution in [1.82, 2.24) is 4.31 Å². The smallest absolute Gasteiger partial charge is 0.243 e. The second kappa shape index (κ2) is 9.35. The summed E-state index contributed by atoms with van der Waals surface area (Å²) in [5.41, 5.74) is 2.50. The summed E-state index contributed by atoms with van der Waals surface area (Å²) in [6, 6.07) is 22.8. The Morgan fingerprint density at radius 2 is 1.55 bits per heavy atom. The number of amides is 1. The highest BCUT2D eigenvalue weighted by Crippen LogP contribution is 2.19. The zero-order valence-electron chi connectivity index (χ0n) is 15.9. The second-order valence-corrected chi connectivity index (χ2v) is 9.48. The van der Waals surface area contributed by atoms with Gasteiger partial charge in [-0.15, -0.1) is 0 Å². The number of carbonyl (C=O) groups excluding carboxylic acids is 1. The Hall–Kier alpha value is -2.48. The highest BCUT2D eigenvalue weighted by molar-refractivity contribution is 9.10. The molecule has 0 aliphatic carbocycles. The Bertz CT molecular complexity index is 1070. The van der Waals surface area contributed by atoms with Crippen LogP contribution in [0.1, 0.15) is 11.1 Å². The van der Waals surface area contributed by atoms with Crippen LogP contribution < -0.4 is 5.32 Å². The van der Waals surface area contributed by atoms with Crippen molar-refractivity contribution in [3.05, 3.63) is 94.5 Å². The Morgan fingerprint density at radius 1 is 0.931 bits per heavy atom. The minimum Gasteiger partial charge on any atom is -0.325 e. The molecule has 0 unspecified atom stereocenters. The van der Waals surface area contributed by atoms with E-state index in [9.17, 15) is 13.2 Å². The number of halogens is 1. The molecule has 0 aliphatic heterocycles. The zero-order valence-corrected chi connectivity index (χ0v) is 18.3. The maximum Gasteiger partial charge on any atom is 0.243 e. The van der Waals surface area contributed by atoms with Gasteiger partial charge in [0.25, 0.3) is 0 Å². The molecule has 0 spiro atoms. The van der Waals surface area contributed by atoms with E-state index in [0.717, 1.165) is 15.6 Å². The molecule has 7 heteroatoms. The Balaban J connectivity index is 1.84. The van der Waals surface area contributed by atoms with E-state index < -0.39 is 15.9 Å². The molecule has 5 nitrogen and oxygen atoms in total. The number of sulfonamides is 1. The first-order valence-electron chi connectivity index (χ1n) is 9.01.